The molecule has 0 spiro atoms. The second-order valence-electron chi connectivity index (χ2n) is 22.7. The summed E-state index contributed by atoms with van der Waals surface area (Å²) >= 11 is 0. The first-order valence-corrected chi connectivity index (χ1v) is 29.0. The Hall–Kier alpha value is -10.6. The normalized spacial score (nSPS) is 12.7. The molecule has 5 heteroatoms. The van der Waals surface area contributed by atoms with E-state index in [0.717, 1.165) is 17.1 Å². The molecule has 382 valence electrons. The predicted octanol–water partition coefficient (Wildman–Crippen LogP) is 16.0. The van der Waals surface area contributed by atoms with Crippen molar-refractivity contribution in [1.82, 2.24) is 4.57 Å². The van der Waals surface area contributed by atoms with Gasteiger partial charge in [-0.3, -0.25) is 0 Å². The maximum atomic E-state index is 2.75. The number of aromatic nitrogens is 1. The molecular weight excluding hydrogens is 1000 g/mol. The summed E-state index contributed by atoms with van der Waals surface area (Å²) in [6, 6.07) is 112. The molecule has 5 heterocycles. The minimum atomic E-state index is -0.155. The molecular formula is C78H49B2N3. The summed E-state index contributed by atoms with van der Waals surface area (Å²) in [6.07, 6.45) is 0. The average Bonchev–Trinajstić information content (AvgIpc) is 1.85. The van der Waals surface area contributed by atoms with Crippen LogP contribution in [0.2, 0.25) is 0 Å². The van der Waals surface area contributed by atoms with Crippen molar-refractivity contribution in [3.63, 3.8) is 0 Å². The smallest absolute Gasteiger partial charge is 0.251 e. The van der Waals surface area contributed by atoms with Crippen molar-refractivity contribution in [2.45, 2.75) is 0 Å². The van der Waals surface area contributed by atoms with Gasteiger partial charge in [0, 0.05) is 39.2 Å². The summed E-state index contributed by atoms with van der Waals surface area (Å²) in [5.74, 6) is 0. The fourth-order valence-corrected chi connectivity index (χ4v) is 14.9. The lowest BCUT2D eigenvalue weighted by atomic mass is 9.32. The van der Waals surface area contributed by atoms with Crippen LogP contribution in [0.5, 0.6) is 0 Å². The lowest BCUT2D eigenvalue weighted by Crippen LogP contribution is -2.63. The quantitative estimate of drug-likeness (QED) is 0.141. The lowest BCUT2D eigenvalue weighted by Gasteiger charge is -2.45. The Morgan fingerprint density at radius 3 is 1.12 bits per heavy atom. The van der Waals surface area contributed by atoms with Crippen LogP contribution in [0.15, 0.2) is 297 Å². The zero-order chi connectivity index (χ0) is 54.3. The first kappa shape index (κ1) is 46.2. The monoisotopic (exact) mass is 1050 g/mol. The summed E-state index contributed by atoms with van der Waals surface area (Å²) in [7, 11) is 0. The molecule has 0 fully saturated rings. The van der Waals surface area contributed by atoms with Gasteiger partial charge in [-0.2, -0.15) is 0 Å². The molecule has 3 nitrogen and oxygen atoms in total. The van der Waals surface area contributed by atoms with Gasteiger partial charge < -0.3 is 14.4 Å². The third-order valence-corrected chi connectivity index (χ3v) is 18.3. The summed E-state index contributed by atoms with van der Waals surface area (Å²) in [6.45, 7) is -0.244. The van der Waals surface area contributed by atoms with E-state index >= 15 is 0 Å². The van der Waals surface area contributed by atoms with E-state index in [1.165, 1.54) is 144 Å². The maximum Gasteiger partial charge on any atom is 0.251 e. The summed E-state index contributed by atoms with van der Waals surface area (Å²) < 4.78 is 2.64. The van der Waals surface area contributed by atoms with Gasteiger partial charge in [0.05, 0.1) is 22.4 Å². The number of fused-ring (bicyclic) bond motifs is 13. The number of rotatable bonds is 8. The van der Waals surface area contributed by atoms with E-state index in [0.29, 0.717) is 0 Å². The van der Waals surface area contributed by atoms with Crippen LogP contribution in [0.3, 0.4) is 0 Å². The zero-order valence-corrected chi connectivity index (χ0v) is 45.3. The minimum Gasteiger partial charge on any atom is -0.312 e. The molecule has 1 aromatic heterocycles. The standard InChI is InChI=1S/C78H49B2N3/c1-7-23-50(24-8-1)54-39-41-66-62(43-54)64-45-56(52-27-11-3-12-28-52)47-71-74(64)79(66)68-49-73(81(58-31-15-5-16-32-58)59-33-17-6-18-34-59)78(82-69-37-21-19-35-60(69)61-36-20-22-38-70(61)82)76-77(68)83(71)72-48-57(53-29-13-4-14-30-53)46-65-63-44-55(51-25-9-2-10-26-51)40-42-67(63)80(76)75(65)72/h1-49H. The molecule has 0 atom stereocenters. The van der Waals surface area contributed by atoms with E-state index in [1.54, 1.807) is 0 Å². The van der Waals surface area contributed by atoms with Crippen LogP contribution in [-0.2, 0) is 0 Å². The van der Waals surface area contributed by atoms with Gasteiger partial charge in [-0.15, -0.1) is 0 Å². The van der Waals surface area contributed by atoms with E-state index in [1.807, 2.05) is 0 Å². The maximum absolute atomic E-state index is 2.75. The molecule has 0 radical (unpaired) electrons. The van der Waals surface area contributed by atoms with Gasteiger partial charge in [-0.05, 0) is 167 Å². The van der Waals surface area contributed by atoms with Gasteiger partial charge in [0.2, 0.25) is 6.71 Å². The van der Waals surface area contributed by atoms with Gasteiger partial charge >= 0.3 is 0 Å². The number of benzene rings is 13. The molecule has 0 saturated heterocycles. The van der Waals surface area contributed by atoms with Crippen LogP contribution in [0.4, 0.5) is 34.1 Å². The first-order valence-electron chi connectivity index (χ1n) is 29.0. The van der Waals surface area contributed by atoms with E-state index in [2.05, 4.69) is 312 Å². The first-order chi connectivity index (χ1) is 41.2. The third kappa shape index (κ3) is 6.77. The van der Waals surface area contributed by atoms with Crippen molar-refractivity contribution in [2.75, 3.05) is 9.80 Å². The van der Waals surface area contributed by atoms with Gasteiger partial charge in [0.25, 0.3) is 6.71 Å². The minimum absolute atomic E-state index is 0.0892. The van der Waals surface area contributed by atoms with Crippen LogP contribution >= 0.6 is 0 Å². The van der Waals surface area contributed by atoms with Crippen molar-refractivity contribution >= 4 is 102 Å². The molecule has 4 aliphatic heterocycles. The molecule has 4 aliphatic rings. The van der Waals surface area contributed by atoms with Crippen LogP contribution in [0, 0.1) is 0 Å². The average molecular weight is 1050 g/mol. The highest BCUT2D eigenvalue weighted by Gasteiger charge is 2.52. The topological polar surface area (TPSA) is 11.4 Å². The molecule has 0 aliphatic carbocycles. The Morgan fingerprint density at radius 1 is 0.265 bits per heavy atom. The van der Waals surface area contributed by atoms with Crippen LogP contribution in [0.1, 0.15) is 0 Å². The molecule has 0 saturated carbocycles. The highest BCUT2D eigenvalue weighted by molar-refractivity contribution is 7.06. The highest BCUT2D eigenvalue weighted by Crippen LogP contribution is 2.51. The molecule has 0 N–H and O–H groups in total. The number of hydrogen-bond donors (Lipinski definition) is 0. The highest BCUT2D eigenvalue weighted by atomic mass is 15.2. The molecule has 18 rings (SSSR count). The van der Waals surface area contributed by atoms with Crippen molar-refractivity contribution in [3.8, 4) is 72.4 Å². The fraction of sp³-hybridized carbons (Fsp3) is 0. The Kier molecular flexibility index (Phi) is 9.98. The Labute approximate surface area is 483 Å². The summed E-state index contributed by atoms with van der Waals surface area (Å²) in [5.41, 5.74) is 33.3. The van der Waals surface area contributed by atoms with Crippen molar-refractivity contribution < 1.29 is 0 Å². The molecule has 13 aromatic carbocycles. The molecule has 83 heavy (non-hydrogen) atoms. The fourth-order valence-electron chi connectivity index (χ4n) is 14.9. The Bertz CT molecular complexity index is 4820. The SMILES string of the molecule is c1ccc(-c2ccc3c(c2)-c2cc(-c4ccccc4)cc4c2B3c2cc(N(c3ccccc3)c3ccccc3)c(-n3c5ccccc5c5ccccc53)c3c2N4c2cc(-c4ccccc4)cc4c2B3c2ccc(-c3ccccc3)cc2-4)cc1. The van der Waals surface area contributed by atoms with Gasteiger partial charge in [0.15, 0.2) is 0 Å². The van der Waals surface area contributed by atoms with Gasteiger partial charge in [-0.25, -0.2) is 0 Å². The molecule has 0 bridgehead atoms. The van der Waals surface area contributed by atoms with Crippen LogP contribution in [-0.4, -0.2) is 18.0 Å². The molecule has 14 aromatic rings. The lowest BCUT2D eigenvalue weighted by molar-refractivity contribution is 1.15. The summed E-state index contributed by atoms with van der Waals surface area (Å²) in [4.78, 5) is 5.30. The van der Waals surface area contributed by atoms with Gasteiger partial charge in [-0.1, -0.05) is 229 Å². The number of anilines is 6. The van der Waals surface area contributed by atoms with Crippen molar-refractivity contribution in [3.05, 3.63) is 297 Å². The van der Waals surface area contributed by atoms with E-state index < -0.39 is 0 Å². The Morgan fingerprint density at radius 2 is 0.651 bits per heavy atom. The summed E-state index contributed by atoms with van der Waals surface area (Å²) in [5, 5.41) is 2.46. The largest absolute Gasteiger partial charge is 0.312 e. The second-order valence-corrected chi connectivity index (χ2v) is 22.7. The van der Waals surface area contributed by atoms with Crippen LogP contribution in [0.25, 0.3) is 94.3 Å². The van der Waals surface area contributed by atoms with Gasteiger partial charge in [0.1, 0.15) is 0 Å². The second kappa shape index (κ2) is 17.9. The molecule has 0 amide bonds. The zero-order valence-electron chi connectivity index (χ0n) is 45.3. The van der Waals surface area contributed by atoms with Crippen LogP contribution < -0.4 is 42.6 Å². The Balaban J connectivity index is 1.06. The van der Waals surface area contributed by atoms with E-state index in [9.17, 15) is 0 Å². The number of nitrogens with zero attached hydrogens (tertiary/aromatic N) is 3. The molecule has 0 unspecified atom stereocenters. The predicted molar refractivity (Wildman–Crippen MR) is 352 cm³/mol. The van der Waals surface area contributed by atoms with E-state index in [4.69, 9.17) is 0 Å². The number of para-hydroxylation sites is 4. The number of hydrogen-bond acceptors (Lipinski definition) is 2. The van der Waals surface area contributed by atoms with Crippen molar-refractivity contribution in [2.24, 2.45) is 0 Å². The third-order valence-electron chi connectivity index (χ3n) is 18.3. The van der Waals surface area contributed by atoms with Crippen molar-refractivity contribution in [1.29, 1.82) is 0 Å². The van der Waals surface area contributed by atoms with E-state index in [-0.39, 0.29) is 13.4 Å².